The zero-order chi connectivity index (χ0) is 11.8. The lowest BCUT2D eigenvalue weighted by Crippen LogP contribution is -2.24. The minimum absolute atomic E-state index is 0.305. The van der Waals surface area contributed by atoms with Crippen molar-refractivity contribution in [2.45, 2.75) is 32.2 Å². The third kappa shape index (κ3) is 4.29. The first-order valence-corrected chi connectivity index (χ1v) is 5.97. The fraction of sp³-hybridized carbons (Fsp3) is 0.615. The molecule has 1 heterocycles. The Bertz CT molecular complexity index is 277. The highest BCUT2D eigenvalue weighted by molar-refractivity contribution is 5.07. The zero-order valence-electron chi connectivity index (χ0n) is 10.3. The topological polar surface area (TPSA) is 36.4 Å². The molecule has 0 aliphatic heterocycles. The second-order valence-corrected chi connectivity index (χ2v) is 4.20. The van der Waals surface area contributed by atoms with Gasteiger partial charge in [-0.25, -0.2) is 0 Å². The summed E-state index contributed by atoms with van der Waals surface area (Å²) in [6.07, 6.45) is 4.97. The quantitative estimate of drug-likeness (QED) is 0.719. The Morgan fingerprint density at radius 3 is 2.75 bits per heavy atom. The third-order valence-corrected chi connectivity index (χ3v) is 2.95. The summed E-state index contributed by atoms with van der Waals surface area (Å²) in [6, 6.07) is 6.39. The standard InChI is InChI=1S/C13H22N2O/c1-12(13-8-4-5-9-14-13)15(2)10-6-3-7-11-16/h4-5,8-9,12,16H,3,6-7,10-11H2,1-2H3. The molecule has 90 valence electrons. The Labute approximate surface area is 98.1 Å². The van der Waals surface area contributed by atoms with Gasteiger partial charge in [-0.2, -0.15) is 0 Å². The number of aliphatic hydroxyl groups is 1. The maximum absolute atomic E-state index is 8.70. The molecule has 1 unspecified atom stereocenters. The van der Waals surface area contributed by atoms with Crippen molar-refractivity contribution in [3.63, 3.8) is 0 Å². The Morgan fingerprint density at radius 2 is 2.12 bits per heavy atom. The van der Waals surface area contributed by atoms with Crippen LogP contribution in [0.1, 0.15) is 37.9 Å². The number of aliphatic hydroxyl groups excluding tert-OH is 1. The second-order valence-electron chi connectivity index (χ2n) is 4.20. The van der Waals surface area contributed by atoms with Crippen molar-refractivity contribution >= 4 is 0 Å². The molecule has 0 saturated heterocycles. The largest absolute Gasteiger partial charge is 0.396 e. The molecular formula is C13H22N2O. The van der Waals surface area contributed by atoms with Crippen LogP contribution in [0, 0.1) is 0 Å². The van der Waals surface area contributed by atoms with Gasteiger partial charge in [0.1, 0.15) is 0 Å². The van der Waals surface area contributed by atoms with Gasteiger partial charge in [0, 0.05) is 18.8 Å². The molecule has 0 aromatic carbocycles. The summed E-state index contributed by atoms with van der Waals surface area (Å²) in [5, 5.41) is 8.70. The van der Waals surface area contributed by atoms with Crippen molar-refractivity contribution in [1.82, 2.24) is 9.88 Å². The molecule has 0 radical (unpaired) electrons. The molecule has 1 aromatic rings. The van der Waals surface area contributed by atoms with Crippen LogP contribution in [0.15, 0.2) is 24.4 Å². The number of rotatable bonds is 7. The molecule has 0 amide bonds. The van der Waals surface area contributed by atoms with Gasteiger partial charge >= 0.3 is 0 Å². The van der Waals surface area contributed by atoms with Crippen molar-refractivity contribution in [3.05, 3.63) is 30.1 Å². The van der Waals surface area contributed by atoms with Gasteiger partial charge in [0.25, 0.3) is 0 Å². The zero-order valence-corrected chi connectivity index (χ0v) is 10.3. The fourth-order valence-corrected chi connectivity index (χ4v) is 1.69. The van der Waals surface area contributed by atoms with Gasteiger partial charge in [-0.05, 0) is 51.9 Å². The Hall–Kier alpha value is -0.930. The summed E-state index contributed by atoms with van der Waals surface area (Å²) in [5.74, 6) is 0. The van der Waals surface area contributed by atoms with E-state index in [1.54, 1.807) is 0 Å². The summed E-state index contributed by atoms with van der Waals surface area (Å²) in [7, 11) is 2.12. The Morgan fingerprint density at radius 1 is 1.31 bits per heavy atom. The highest BCUT2D eigenvalue weighted by Gasteiger charge is 2.11. The minimum Gasteiger partial charge on any atom is -0.396 e. The molecule has 1 N–H and O–H groups in total. The Balaban J connectivity index is 2.33. The van der Waals surface area contributed by atoms with Crippen LogP contribution in [0.4, 0.5) is 0 Å². The highest BCUT2D eigenvalue weighted by Crippen LogP contribution is 2.16. The maximum Gasteiger partial charge on any atom is 0.0572 e. The number of aromatic nitrogens is 1. The molecule has 0 aliphatic carbocycles. The van der Waals surface area contributed by atoms with Gasteiger partial charge in [-0.3, -0.25) is 9.88 Å². The number of nitrogens with zero attached hydrogens (tertiary/aromatic N) is 2. The van der Waals surface area contributed by atoms with Crippen molar-refractivity contribution in [3.8, 4) is 0 Å². The molecule has 16 heavy (non-hydrogen) atoms. The van der Waals surface area contributed by atoms with Gasteiger partial charge in [0.15, 0.2) is 0 Å². The molecule has 0 saturated carbocycles. The van der Waals surface area contributed by atoms with Crippen LogP contribution in [-0.2, 0) is 0 Å². The molecule has 1 atom stereocenters. The van der Waals surface area contributed by atoms with E-state index >= 15 is 0 Å². The second kappa shape index (κ2) is 7.36. The van der Waals surface area contributed by atoms with E-state index in [1.165, 1.54) is 0 Å². The van der Waals surface area contributed by atoms with E-state index < -0.39 is 0 Å². The van der Waals surface area contributed by atoms with Gasteiger partial charge < -0.3 is 5.11 Å². The molecular weight excluding hydrogens is 200 g/mol. The number of unbranched alkanes of at least 4 members (excludes halogenated alkanes) is 2. The summed E-state index contributed by atoms with van der Waals surface area (Å²) < 4.78 is 0. The monoisotopic (exact) mass is 222 g/mol. The predicted molar refractivity (Wildman–Crippen MR) is 66.2 cm³/mol. The average molecular weight is 222 g/mol. The first-order chi connectivity index (χ1) is 7.75. The average Bonchev–Trinajstić information content (AvgIpc) is 2.34. The van der Waals surface area contributed by atoms with E-state index in [2.05, 4.69) is 29.9 Å². The lowest BCUT2D eigenvalue weighted by atomic mass is 10.1. The first kappa shape index (κ1) is 13.1. The smallest absolute Gasteiger partial charge is 0.0572 e. The van der Waals surface area contributed by atoms with Gasteiger partial charge in [0.2, 0.25) is 0 Å². The summed E-state index contributed by atoms with van der Waals surface area (Å²) >= 11 is 0. The van der Waals surface area contributed by atoms with Crippen molar-refractivity contribution in [1.29, 1.82) is 0 Å². The van der Waals surface area contributed by atoms with E-state index in [0.29, 0.717) is 12.6 Å². The van der Waals surface area contributed by atoms with Crippen LogP contribution >= 0.6 is 0 Å². The highest BCUT2D eigenvalue weighted by atomic mass is 16.2. The summed E-state index contributed by atoms with van der Waals surface area (Å²) in [4.78, 5) is 6.67. The van der Waals surface area contributed by atoms with Gasteiger partial charge in [-0.1, -0.05) is 6.07 Å². The molecule has 3 heteroatoms. The van der Waals surface area contributed by atoms with Crippen LogP contribution < -0.4 is 0 Å². The molecule has 0 fully saturated rings. The van der Waals surface area contributed by atoms with Crippen LogP contribution in [0.2, 0.25) is 0 Å². The Kier molecular flexibility index (Phi) is 6.04. The first-order valence-electron chi connectivity index (χ1n) is 5.97. The minimum atomic E-state index is 0.305. The normalized spacial score (nSPS) is 13.0. The molecule has 1 rings (SSSR count). The predicted octanol–water partition coefficient (Wildman–Crippen LogP) is 2.24. The lowest BCUT2D eigenvalue weighted by molar-refractivity contribution is 0.241. The van der Waals surface area contributed by atoms with E-state index in [9.17, 15) is 0 Å². The van der Waals surface area contributed by atoms with E-state index in [1.807, 2.05) is 18.3 Å². The summed E-state index contributed by atoms with van der Waals surface area (Å²) in [6.45, 7) is 3.53. The van der Waals surface area contributed by atoms with Crippen LogP contribution in [0.25, 0.3) is 0 Å². The maximum atomic E-state index is 8.70. The van der Waals surface area contributed by atoms with Gasteiger partial charge in [-0.15, -0.1) is 0 Å². The lowest BCUT2D eigenvalue weighted by Gasteiger charge is -2.24. The van der Waals surface area contributed by atoms with E-state index in [4.69, 9.17) is 5.11 Å². The molecule has 3 nitrogen and oxygen atoms in total. The van der Waals surface area contributed by atoms with Crippen LogP contribution in [0.5, 0.6) is 0 Å². The van der Waals surface area contributed by atoms with Crippen molar-refractivity contribution in [2.75, 3.05) is 20.2 Å². The SMILES string of the molecule is CC(c1ccccn1)N(C)CCCCCO. The fourth-order valence-electron chi connectivity index (χ4n) is 1.69. The van der Waals surface area contributed by atoms with Crippen molar-refractivity contribution in [2.24, 2.45) is 0 Å². The molecule has 0 bridgehead atoms. The van der Waals surface area contributed by atoms with Crippen molar-refractivity contribution < 1.29 is 5.11 Å². The third-order valence-electron chi connectivity index (χ3n) is 2.95. The number of hydrogen-bond donors (Lipinski definition) is 1. The molecule has 0 aliphatic rings. The van der Waals surface area contributed by atoms with Gasteiger partial charge in [0.05, 0.1) is 5.69 Å². The number of pyridine rings is 1. The number of hydrogen-bond acceptors (Lipinski definition) is 3. The molecule has 0 spiro atoms. The molecule has 1 aromatic heterocycles. The van der Waals surface area contributed by atoms with Crippen LogP contribution in [-0.4, -0.2) is 35.2 Å². The van der Waals surface area contributed by atoms with E-state index in [-0.39, 0.29) is 0 Å². The summed E-state index contributed by atoms with van der Waals surface area (Å²) in [5.41, 5.74) is 1.12. The van der Waals surface area contributed by atoms with Crippen LogP contribution in [0.3, 0.4) is 0 Å². The van der Waals surface area contributed by atoms with E-state index in [0.717, 1.165) is 31.5 Å².